The van der Waals surface area contributed by atoms with Gasteiger partial charge in [0, 0.05) is 38.1 Å². The third-order valence-corrected chi connectivity index (χ3v) is 9.63. The van der Waals surface area contributed by atoms with E-state index < -0.39 is 0 Å². The number of hydrogen-bond acceptors (Lipinski definition) is 2. The second-order valence-electron chi connectivity index (χ2n) is 12.7. The van der Waals surface area contributed by atoms with E-state index in [4.69, 9.17) is 14.5 Å². The molecule has 0 atom stereocenters. The smallest absolute Gasteiger partial charge is 0.180 e. The van der Waals surface area contributed by atoms with Gasteiger partial charge in [0.1, 0.15) is 11.2 Å². The van der Waals surface area contributed by atoms with Crippen LogP contribution in [0.1, 0.15) is 36.1 Å². The minimum atomic E-state index is -0.264. The van der Waals surface area contributed by atoms with Crippen LogP contribution in [0.4, 0.5) is 0 Å². The Morgan fingerprint density at radius 3 is 2.11 bits per heavy atom. The molecular weight excluding hydrogens is 574 g/mol. The molecule has 0 fully saturated rings. The molecule has 47 heavy (non-hydrogen) atoms. The molecule has 1 aliphatic rings. The molecule has 0 spiro atoms. The minimum Gasteiger partial charge on any atom is -0.456 e. The van der Waals surface area contributed by atoms with Crippen molar-refractivity contribution in [2.45, 2.75) is 19.3 Å². The number of benzene rings is 6. The first-order chi connectivity index (χ1) is 23.0. The molecule has 0 unspecified atom stereocenters. The first-order valence-corrected chi connectivity index (χ1v) is 16.0. The first kappa shape index (κ1) is 27.3. The highest BCUT2D eigenvalue weighted by Gasteiger charge is 2.39. The molecule has 0 saturated heterocycles. The summed E-state index contributed by atoms with van der Waals surface area (Å²) in [5.74, 6) is 0.613. The molecule has 4 nitrogen and oxygen atoms in total. The Labute approximate surface area is 272 Å². The van der Waals surface area contributed by atoms with Crippen molar-refractivity contribution in [2.24, 2.45) is 10.1 Å². The average Bonchev–Trinajstić information content (AvgIpc) is 3.72. The zero-order valence-electron chi connectivity index (χ0n) is 26.2. The van der Waals surface area contributed by atoms with Gasteiger partial charge < -0.3 is 4.42 Å². The number of allylic oxidation sites excluding steroid dienone is 1. The Bertz CT molecular complexity index is 2600. The average molecular weight is 606 g/mol. The van der Waals surface area contributed by atoms with Crippen LogP contribution in [-0.4, -0.2) is 16.2 Å². The van der Waals surface area contributed by atoms with Gasteiger partial charge in [-0.1, -0.05) is 124 Å². The van der Waals surface area contributed by atoms with Crippen LogP contribution in [0.5, 0.6) is 0 Å². The van der Waals surface area contributed by atoms with Crippen LogP contribution in [0.3, 0.4) is 0 Å². The van der Waals surface area contributed by atoms with Crippen molar-refractivity contribution in [3.05, 3.63) is 168 Å². The van der Waals surface area contributed by atoms with Crippen LogP contribution in [0.2, 0.25) is 0 Å². The predicted octanol–water partition coefficient (Wildman–Crippen LogP) is 10.9. The highest BCUT2D eigenvalue weighted by Crippen LogP contribution is 2.54. The zero-order chi connectivity index (χ0) is 31.7. The van der Waals surface area contributed by atoms with E-state index in [-0.39, 0.29) is 5.41 Å². The van der Waals surface area contributed by atoms with E-state index in [0.717, 1.165) is 55.2 Å². The Morgan fingerprint density at radius 1 is 0.660 bits per heavy atom. The van der Waals surface area contributed by atoms with Crippen LogP contribution in [-0.2, 0) is 5.41 Å². The van der Waals surface area contributed by atoms with Gasteiger partial charge in [-0.05, 0) is 58.7 Å². The molecule has 8 aromatic rings. The number of aromatic nitrogens is 1. The van der Waals surface area contributed by atoms with Crippen LogP contribution in [0, 0.1) is 0 Å². The van der Waals surface area contributed by atoms with Crippen LogP contribution >= 0.6 is 0 Å². The second kappa shape index (κ2) is 10.3. The topological polar surface area (TPSA) is 42.8 Å². The third-order valence-electron chi connectivity index (χ3n) is 9.63. The van der Waals surface area contributed by atoms with Gasteiger partial charge in [-0.25, -0.2) is 9.67 Å². The molecule has 0 radical (unpaired) electrons. The number of fused-ring (bicyclic) bond motifs is 10. The maximum atomic E-state index is 6.33. The van der Waals surface area contributed by atoms with Crippen molar-refractivity contribution < 1.29 is 4.42 Å². The molecule has 6 aromatic carbocycles. The summed E-state index contributed by atoms with van der Waals surface area (Å²) < 4.78 is 8.40. The summed E-state index contributed by atoms with van der Waals surface area (Å²) >= 11 is 0. The number of hydrogen-bond donors (Lipinski definition) is 0. The Morgan fingerprint density at radius 2 is 1.34 bits per heavy atom. The zero-order valence-corrected chi connectivity index (χ0v) is 26.2. The number of amidine groups is 1. The summed E-state index contributed by atoms with van der Waals surface area (Å²) in [4.78, 5) is 5.13. The fourth-order valence-electron chi connectivity index (χ4n) is 7.45. The number of rotatable bonds is 4. The van der Waals surface area contributed by atoms with E-state index in [1.54, 1.807) is 6.08 Å². The summed E-state index contributed by atoms with van der Waals surface area (Å²) in [7, 11) is 0. The van der Waals surface area contributed by atoms with E-state index in [0.29, 0.717) is 5.84 Å². The molecule has 1 aliphatic carbocycles. The minimum absolute atomic E-state index is 0.264. The van der Waals surface area contributed by atoms with Crippen LogP contribution in [0.25, 0.3) is 54.9 Å². The lowest BCUT2D eigenvalue weighted by Crippen LogP contribution is -2.15. The number of para-hydroxylation sites is 2. The third kappa shape index (κ3) is 4.08. The standard InChI is InChI=1S/C43H31N3O/c1-4-35(27-15-7-5-8-16-27)44-42(28-17-9-6-10-18-28)45-46-36-21-13-11-19-29(36)33-25-32-30-23-24-39-40(31-20-12-14-22-38(31)47-39)41(30)43(2,3)34(32)26-37(33)46/h4-26H,1H2,2-3H3/b44-35?,45-42-. The van der Waals surface area contributed by atoms with Gasteiger partial charge >= 0.3 is 0 Å². The molecule has 0 N–H and O–H groups in total. The van der Waals surface area contributed by atoms with Gasteiger partial charge in [-0.15, -0.1) is 5.10 Å². The maximum Gasteiger partial charge on any atom is 0.180 e. The molecule has 0 saturated carbocycles. The quantitative estimate of drug-likeness (QED) is 0.145. The lowest BCUT2D eigenvalue weighted by atomic mass is 9.80. The van der Waals surface area contributed by atoms with Crippen molar-refractivity contribution in [2.75, 3.05) is 0 Å². The molecule has 0 bridgehead atoms. The van der Waals surface area contributed by atoms with Crippen LogP contribution < -0.4 is 0 Å². The van der Waals surface area contributed by atoms with Gasteiger partial charge in [0.2, 0.25) is 0 Å². The molecule has 9 rings (SSSR count). The van der Waals surface area contributed by atoms with Crippen molar-refractivity contribution >= 4 is 55.3 Å². The number of furan rings is 1. The lowest BCUT2D eigenvalue weighted by molar-refractivity contribution is 0.657. The van der Waals surface area contributed by atoms with E-state index in [1.165, 1.54) is 27.6 Å². The maximum absolute atomic E-state index is 6.33. The van der Waals surface area contributed by atoms with Crippen molar-refractivity contribution in [1.29, 1.82) is 0 Å². The highest BCUT2D eigenvalue weighted by molar-refractivity contribution is 6.18. The SMILES string of the molecule is C=CC(=N/C(=N\n1c2ccccc2c2cc3c(cc21)C(C)(C)c1c-3ccc2oc3ccccc3c12)c1ccccc1)c1ccccc1. The summed E-state index contributed by atoms with van der Waals surface area (Å²) in [6.07, 6.45) is 1.80. The molecular formula is C43H31N3O. The van der Waals surface area contributed by atoms with E-state index in [1.807, 2.05) is 54.6 Å². The number of nitrogens with zero attached hydrogens (tertiary/aromatic N) is 3. The van der Waals surface area contributed by atoms with Crippen LogP contribution in [0.15, 0.2) is 161 Å². The molecule has 2 heterocycles. The van der Waals surface area contributed by atoms with Gasteiger partial charge in [0.15, 0.2) is 5.84 Å². The Hall–Kier alpha value is -6.00. The molecule has 0 amide bonds. The van der Waals surface area contributed by atoms with Gasteiger partial charge in [-0.2, -0.15) is 0 Å². The summed E-state index contributed by atoms with van der Waals surface area (Å²) in [6.45, 7) is 8.75. The molecule has 0 aliphatic heterocycles. The fourth-order valence-corrected chi connectivity index (χ4v) is 7.45. The predicted molar refractivity (Wildman–Crippen MR) is 196 cm³/mol. The van der Waals surface area contributed by atoms with Gasteiger partial charge in [-0.3, -0.25) is 0 Å². The molecule has 2 aromatic heterocycles. The van der Waals surface area contributed by atoms with E-state index >= 15 is 0 Å². The van der Waals surface area contributed by atoms with Gasteiger partial charge in [0.05, 0.1) is 16.7 Å². The highest BCUT2D eigenvalue weighted by atomic mass is 16.3. The Kier molecular flexibility index (Phi) is 5.97. The largest absolute Gasteiger partial charge is 0.456 e. The van der Waals surface area contributed by atoms with Crippen molar-refractivity contribution in [3.63, 3.8) is 0 Å². The first-order valence-electron chi connectivity index (χ1n) is 16.0. The van der Waals surface area contributed by atoms with Gasteiger partial charge in [0.25, 0.3) is 0 Å². The normalized spacial score (nSPS) is 14.3. The lowest BCUT2D eigenvalue weighted by Gasteiger charge is -2.22. The molecule has 224 valence electrons. The van der Waals surface area contributed by atoms with E-state index in [9.17, 15) is 0 Å². The molecule has 4 heteroatoms. The summed E-state index contributed by atoms with van der Waals surface area (Å²) in [5, 5.41) is 10.0. The monoisotopic (exact) mass is 605 g/mol. The van der Waals surface area contributed by atoms with E-state index in [2.05, 4.69) is 104 Å². The summed E-state index contributed by atoms with van der Waals surface area (Å²) in [6, 6.07) is 46.2. The van der Waals surface area contributed by atoms with Crippen molar-refractivity contribution in [3.8, 4) is 11.1 Å². The fraction of sp³-hybridized carbons (Fsp3) is 0.0698. The van der Waals surface area contributed by atoms with Crippen molar-refractivity contribution in [1.82, 2.24) is 4.68 Å². The number of aliphatic imine (C=N–C) groups is 1. The summed E-state index contributed by atoms with van der Waals surface area (Å²) in [5.41, 5.74) is 11.5. The Balaban J connectivity index is 1.33. The second-order valence-corrected chi connectivity index (χ2v) is 12.7.